The second-order valence-electron chi connectivity index (χ2n) is 5.89. The first-order valence-electron chi connectivity index (χ1n) is 8.45. The minimum absolute atomic E-state index is 0.223. The number of benzene rings is 1. The van der Waals surface area contributed by atoms with Crippen LogP contribution in [-0.2, 0) is 16.1 Å². The Balaban J connectivity index is 2.06. The van der Waals surface area contributed by atoms with Crippen LogP contribution in [0, 0.1) is 6.92 Å². The summed E-state index contributed by atoms with van der Waals surface area (Å²) in [6, 6.07) is 9.26. The molecule has 0 spiro atoms. The maximum Gasteiger partial charge on any atom is 0.244 e. The highest BCUT2D eigenvalue weighted by Crippen LogP contribution is 2.22. The van der Waals surface area contributed by atoms with Gasteiger partial charge < -0.3 is 10.6 Å². The summed E-state index contributed by atoms with van der Waals surface area (Å²) in [6.45, 7) is 6.36. The van der Waals surface area contributed by atoms with Crippen molar-refractivity contribution in [3.63, 3.8) is 0 Å². The van der Waals surface area contributed by atoms with Gasteiger partial charge in [-0.05, 0) is 32.4 Å². The fourth-order valence-corrected chi connectivity index (χ4v) is 2.73. The first-order chi connectivity index (χ1) is 12.4. The fourth-order valence-electron chi connectivity index (χ4n) is 2.43. The largest absolute Gasteiger partial charge is 0.355 e. The van der Waals surface area contributed by atoms with Crippen molar-refractivity contribution in [3.8, 4) is 0 Å². The van der Waals surface area contributed by atoms with Gasteiger partial charge in [-0.25, -0.2) is 4.68 Å². The van der Waals surface area contributed by atoms with E-state index in [9.17, 15) is 9.59 Å². The normalized spacial score (nSPS) is 12.2. The maximum absolute atomic E-state index is 12.0. The van der Waals surface area contributed by atoms with Gasteiger partial charge in [0.05, 0.1) is 12.2 Å². The molecule has 1 heterocycles. The molecule has 0 radical (unpaired) electrons. The van der Waals surface area contributed by atoms with E-state index in [2.05, 4.69) is 15.7 Å². The van der Waals surface area contributed by atoms with E-state index in [-0.39, 0.29) is 11.8 Å². The Hall–Kier alpha value is -2.60. The molecule has 0 saturated carbocycles. The van der Waals surface area contributed by atoms with Crippen LogP contribution in [0.5, 0.6) is 0 Å². The molecule has 138 valence electrons. The molecule has 7 heteroatoms. The molecule has 1 aromatic carbocycles. The van der Waals surface area contributed by atoms with Crippen LogP contribution in [0.1, 0.15) is 30.7 Å². The third kappa shape index (κ3) is 5.20. The van der Waals surface area contributed by atoms with Crippen molar-refractivity contribution in [3.05, 3.63) is 58.4 Å². The molecule has 0 bridgehead atoms. The number of hydrogen-bond acceptors (Lipinski definition) is 3. The number of hydrogen-bond donors (Lipinski definition) is 2. The zero-order valence-corrected chi connectivity index (χ0v) is 15.9. The van der Waals surface area contributed by atoms with Gasteiger partial charge >= 0.3 is 0 Å². The van der Waals surface area contributed by atoms with Crippen LogP contribution in [0.3, 0.4) is 0 Å². The molecule has 1 aromatic heterocycles. The standard InChI is InChI=1S/C19H23ClN4O2/c1-4-21-19(26)14(3)22-17(25)11-10-16-13(2)23-24(18(16)20)12-15-8-6-5-7-9-15/h5-11,14H,4,12H2,1-3H3,(H,21,26)(H,22,25)/b11-10+/t14-/m1/s1. The molecular formula is C19H23ClN4O2. The van der Waals surface area contributed by atoms with Crippen LogP contribution in [-0.4, -0.2) is 34.2 Å². The molecule has 0 unspecified atom stereocenters. The van der Waals surface area contributed by atoms with Gasteiger partial charge in [0.25, 0.3) is 0 Å². The lowest BCUT2D eigenvalue weighted by Crippen LogP contribution is -2.44. The Labute approximate surface area is 158 Å². The van der Waals surface area contributed by atoms with Crippen molar-refractivity contribution in [2.45, 2.75) is 33.4 Å². The quantitative estimate of drug-likeness (QED) is 0.731. The lowest BCUT2D eigenvalue weighted by atomic mass is 10.2. The van der Waals surface area contributed by atoms with Gasteiger partial charge in [-0.15, -0.1) is 0 Å². The monoisotopic (exact) mass is 374 g/mol. The van der Waals surface area contributed by atoms with Crippen molar-refractivity contribution < 1.29 is 9.59 Å². The molecule has 0 aliphatic heterocycles. The summed E-state index contributed by atoms with van der Waals surface area (Å²) in [4.78, 5) is 23.7. The molecule has 2 N–H and O–H groups in total. The number of amides is 2. The number of likely N-dealkylation sites (N-methyl/N-ethyl adjacent to an activating group) is 1. The van der Waals surface area contributed by atoms with Crippen molar-refractivity contribution in [2.24, 2.45) is 0 Å². The number of nitrogens with zero attached hydrogens (tertiary/aromatic N) is 2. The van der Waals surface area contributed by atoms with Gasteiger partial charge in [-0.1, -0.05) is 41.9 Å². The van der Waals surface area contributed by atoms with Crippen LogP contribution in [0.2, 0.25) is 5.15 Å². The van der Waals surface area contributed by atoms with Crippen LogP contribution in [0.4, 0.5) is 0 Å². The molecule has 0 saturated heterocycles. The summed E-state index contributed by atoms with van der Waals surface area (Å²) in [5, 5.41) is 10.2. The van der Waals surface area contributed by atoms with Crippen molar-refractivity contribution in [1.29, 1.82) is 0 Å². The van der Waals surface area contributed by atoms with E-state index in [1.54, 1.807) is 17.7 Å². The average Bonchev–Trinajstić information content (AvgIpc) is 2.87. The summed E-state index contributed by atoms with van der Waals surface area (Å²) in [5.74, 6) is -0.589. The Bertz CT molecular complexity index is 799. The topological polar surface area (TPSA) is 76.0 Å². The molecule has 0 fully saturated rings. The van der Waals surface area contributed by atoms with E-state index in [4.69, 9.17) is 11.6 Å². The smallest absolute Gasteiger partial charge is 0.244 e. The van der Waals surface area contributed by atoms with Crippen LogP contribution in [0.25, 0.3) is 6.08 Å². The van der Waals surface area contributed by atoms with Crippen LogP contribution < -0.4 is 10.6 Å². The highest BCUT2D eigenvalue weighted by molar-refractivity contribution is 6.31. The number of carbonyl (C=O) groups is 2. The van der Waals surface area contributed by atoms with E-state index < -0.39 is 6.04 Å². The molecular weight excluding hydrogens is 352 g/mol. The van der Waals surface area contributed by atoms with E-state index in [1.165, 1.54) is 6.08 Å². The molecule has 2 aromatic rings. The number of rotatable bonds is 7. The summed E-state index contributed by atoms with van der Waals surface area (Å²) in [7, 11) is 0. The third-order valence-corrected chi connectivity index (χ3v) is 4.19. The zero-order valence-electron chi connectivity index (χ0n) is 15.1. The van der Waals surface area contributed by atoms with Gasteiger partial charge in [0.1, 0.15) is 11.2 Å². The number of halogens is 1. The highest BCUT2D eigenvalue weighted by atomic mass is 35.5. The highest BCUT2D eigenvalue weighted by Gasteiger charge is 2.14. The lowest BCUT2D eigenvalue weighted by molar-refractivity contribution is -0.126. The molecule has 26 heavy (non-hydrogen) atoms. The molecule has 0 aliphatic carbocycles. The summed E-state index contributed by atoms with van der Waals surface area (Å²) in [5.41, 5.74) is 2.50. The first-order valence-corrected chi connectivity index (χ1v) is 8.83. The van der Waals surface area contributed by atoms with Gasteiger partial charge in [0.15, 0.2) is 0 Å². The molecule has 1 atom stereocenters. The van der Waals surface area contributed by atoms with E-state index in [0.29, 0.717) is 23.8 Å². The van der Waals surface area contributed by atoms with E-state index >= 15 is 0 Å². The summed E-state index contributed by atoms with van der Waals surface area (Å²) < 4.78 is 1.70. The van der Waals surface area contributed by atoms with E-state index in [1.807, 2.05) is 44.2 Å². The Kier molecular flexibility index (Phi) is 6.97. The molecule has 6 nitrogen and oxygen atoms in total. The minimum atomic E-state index is -0.607. The van der Waals surface area contributed by atoms with Gasteiger partial charge in [0.2, 0.25) is 11.8 Å². The SMILES string of the molecule is CCNC(=O)[C@@H](C)NC(=O)/C=C/c1c(C)nn(Cc2ccccc2)c1Cl. The van der Waals surface area contributed by atoms with Crippen LogP contribution >= 0.6 is 11.6 Å². The number of carbonyl (C=O) groups excluding carboxylic acids is 2. The minimum Gasteiger partial charge on any atom is -0.355 e. The lowest BCUT2D eigenvalue weighted by Gasteiger charge is -2.11. The Morgan fingerprint density at radius 3 is 2.65 bits per heavy atom. The summed E-state index contributed by atoms with van der Waals surface area (Å²) in [6.07, 6.45) is 2.98. The van der Waals surface area contributed by atoms with Gasteiger partial charge in [0, 0.05) is 18.2 Å². The second-order valence-corrected chi connectivity index (χ2v) is 6.25. The number of aromatic nitrogens is 2. The molecule has 2 rings (SSSR count). The van der Waals surface area contributed by atoms with Gasteiger partial charge in [-0.2, -0.15) is 5.10 Å². The zero-order chi connectivity index (χ0) is 19.1. The fraction of sp³-hybridized carbons (Fsp3) is 0.316. The first kappa shape index (κ1) is 19.7. The predicted octanol–water partition coefficient (Wildman–Crippen LogP) is 2.55. The predicted molar refractivity (Wildman–Crippen MR) is 103 cm³/mol. The Morgan fingerprint density at radius 1 is 1.31 bits per heavy atom. The summed E-state index contributed by atoms with van der Waals surface area (Å²) >= 11 is 6.41. The van der Waals surface area contributed by atoms with Crippen molar-refractivity contribution in [2.75, 3.05) is 6.54 Å². The van der Waals surface area contributed by atoms with Crippen molar-refractivity contribution >= 4 is 29.5 Å². The maximum atomic E-state index is 12.0. The second kappa shape index (κ2) is 9.20. The molecule has 0 aliphatic rings. The van der Waals surface area contributed by atoms with E-state index in [0.717, 1.165) is 11.3 Å². The number of nitrogens with one attached hydrogen (secondary N) is 2. The third-order valence-electron chi connectivity index (χ3n) is 3.79. The van der Waals surface area contributed by atoms with Crippen LogP contribution in [0.15, 0.2) is 36.4 Å². The van der Waals surface area contributed by atoms with Crippen molar-refractivity contribution in [1.82, 2.24) is 20.4 Å². The number of aryl methyl sites for hydroxylation is 1. The Morgan fingerprint density at radius 2 is 2.00 bits per heavy atom. The average molecular weight is 375 g/mol. The molecule has 2 amide bonds. The van der Waals surface area contributed by atoms with Gasteiger partial charge in [-0.3, -0.25) is 9.59 Å².